The van der Waals surface area contributed by atoms with E-state index in [4.69, 9.17) is 0 Å². The van der Waals surface area contributed by atoms with Gasteiger partial charge in [0.2, 0.25) is 0 Å². The number of ether oxygens (including phenoxy) is 1. The Balaban J connectivity index is 0.00000288. The van der Waals surface area contributed by atoms with E-state index in [-0.39, 0.29) is 42.4 Å². The second-order valence-corrected chi connectivity index (χ2v) is 5.71. The number of piperazine rings is 1. The van der Waals surface area contributed by atoms with E-state index in [1.807, 2.05) is 0 Å². The molecule has 1 saturated heterocycles. The van der Waals surface area contributed by atoms with Gasteiger partial charge in [-0.05, 0) is 24.6 Å². The standard InChI is InChI=1S/C16H23F3N2O2.2ClH/c1-2-3-4-14(21-9-7-20-8-10-21)13-11-12(5-6-15(13)22)23-16(17,18)19;;/h5-6,11,14,20,22H,2-4,7-10H2,1H3;2*1H/t14-;;/m1../s1. The zero-order valence-corrected chi connectivity index (χ0v) is 15.6. The highest BCUT2D eigenvalue weighted by Gasteiger charge is 2.32. The fourth-order valence-electron chi connectivity index (χ4n) is 2.92. The molecule has 0 aromatic heterocycles. The van der Waals surface area contributed by atoms with E-state index in [1.165, 1.54) is 12.1 Å². The van der Waals surface area contributed by atoms with Crippen molar-refractivity contribution in [3.63, 3.8) is 0 Å². The highest BCUT2D eigenvalue weighted by atomic mass is 35.5. The molecule has 0 saturated carbocycles. The van der Waals surface area contributed by atoms with Crippen molar-refractivity contribution in [3.05, 3.63) is 23.8 Å². The first-order valence-corrected chi connectivity index (χ1v) is 7.94. The molecule has 1 aliphatic rings. The number of benzene rings is 1. The lowest BCUT2D eigenvalue weighted by Gasteiger charge is -2.35. The zero-order valence-electron chi connectivity index (χ0n) is 14.0. The van der Waals surface area contributed by atoms with Gasteiger partial charge in [-0.1, -0.05) is 19.8 Å². The smallest absolute Gasteiger partial charge is 0.508 e. The minimum absolute atomic E-state index is 0. The molecule has 1 aromatic rings. The minimum Gasteiger partial charge on any atom is -0.508 e. The molecule has 1 aliphatic heterocycles. The molecule has 1 heterocycles. The number of nitrogens with one attached hydrogen (secondary N) is 1. The van der Waals surface area contributed by atoms with Crippen LogP contribution in [0.5, 0.6) is 11.5 Å². The van der Waals surface area contributed by atoms with Gasteiger partial charge >= 0.3 is 6.36 Å². The third-order valence-electron chi connectivity index (χ3n) is 4.02. The van der Waals surface area contributed by atoms with Crippen LogP contribution in [0.4, 0.5) is 13.2 Å². The second kappa shape index (κ2) is 11.0. The predicted octanol–water partition coefficient (Wildman–Crippen LogP) is 4.27. The molecule has 4 nitrogen and oxygen atoms in total. The molecule has 2 rings (SSSR count). The molecule has 0 spiro atoms. The Labute approximate surface area is 158 Å². The third-order valence-corrected chi connectivity index (χ3v) is 4.02. The van der Waals surface area contributed by atoms with Crippen LogP contribution < -0.4 is 10.1 Å². The topological polar surface area (TPSA) is 44.7 Å². The lowest BCUT2D eigenvalue weighted by atomic mass is 9.97. The van der Waals surface area contributed by atoms with E-state index in [1.54, 1.807) is 0 Å². The van der Waals surface area contributed by atoms with Gasteiger partial charge in [-0.3, -0.25) is 4.90 Å². The maximum atomic E-state index is 12.4. The van der Waals surface area contributed by atoms with Crippen LogP contribution in [0, 0.1) is 0 Å². The van der Waals surface area contributed by atoms with E-state index >= 15 is 0 Å². The summed E-state index contributed by atoms with van der Waals surface area (Å²) in [5, 5.41) is 13.4. The molecular formula is C16H25Cl2F3N2O2. The van der Waals surface area contributed by atoms with E-state index in [0.717, 1.165) is 51.5 Å². The van der Waals surface area contributed by atoms with Crippen molar-refractivity contribution in [1.82, 2.24) is 10.2 Å². The van der Waals surface area contributed by atoms with Gasteiger partial charge in [0.15, 0.2) is 0 Å². The van der Waals surface area contributed by atoms with Crippen LogP contribution in [-0.4, -0.2) is 42.5 Å². The van der Waals surface area contributed by atoms with Crippen LogP contribution in [0.2, 0.25) is 0 Å². The molecule has 25 heavy (non-hydrogen) atoms. The number of hydrogen-bond donors (Lipinski definition) is 2. The van der Waals surface area contributed by atoms with Crippen LogP contribution in [0.15, 0.2) is 18.2 Å². The molecule has 1 aromatic carbocycles. The summed E-state index contributed by atoms with van der Waals surface area (Å²) in [4.78, 5) is 2.21. The SMILES string of the molecule is CCCC[C@H](c1cc(OC(F)(F)F)ccc1O)N1CCNCC1.Cl.Cl. The number of halogens is 5. The van der Waals surface area contributed by atoms with E-state index in [0.29, 0.717) is 5.56 Å². The molecule has 9 heteroatoms. The first-order chi connectivity index (χ1) is 10.9. The van der Waals surface area contributed by atoms with Crippen molar-refractivity contribution >= 4 is 24.8 Å². The van der Waals surface area contributed by atoms with E-state index in [9.17, 15) is 18.3 Å². The number of nitrogens with zero attached hydrogens (tertiary/aromatic N) is 1. The van der Waals surface area contributed by atoms with Gasteiger partial charge in [-0.25, -0.2) is 0 Å². The number of unbranched alkanes of at least 4 members (excludes halogenated alkanes) is 1. The molecule has 146 valence electrons. The summed E-state index contributed by atoms with van der Waals surface area (Å²) in [6, 6.07) is 3.62. The fourth-order valence-corrected chi connectivity index (χ4v) is 2.92. The van der Waals surface area contributed by atoms with Gasteiger partial charge in [0, 0.05) is 37.8 Å². The monoisotopic (exact) mass is 404 g/mol. The van der Waals surface area contributed by atoms with Crippen LogP contribution >= 0.6 is 24.8 Å². The molecule has 0 amide bonds. The summed E-state index contributed by atoms with van der Waals surface area (Å²) in [5.41, 5.74) is 0.502. The predicted molar refractivity (Wildman–Crippen MR) is 96.0 cm³/mol. The molecular weight excluding hydrogens is 380 g/mol. The summed E-state index contributed by atoms with van der Waals surface area (Å²) in [6.45, 7) is 5.35. The summed E-state index contributed by atoms with van der Waals surface area (Å²) in [7, 11) is 0. The van der Waals surface area contributed by atoms with E-state index in [2.05, 4.69) is 21.9 Å². The number of hydrogen-bond acceptors (Lipinski definition) is 4. The van der Waals surface area contributed by atoms with Gasteiger partial charge in [0.05, 0.1) is 0 Å². The third kappa shape index (κ3) is 7.48. The molecule has 0 unspecified atom stereocenters. The summed E-state index contributed by atoms with van der Waals surface area (Å²) in [6.07, 6.45) is -2.01. The Kier molecular flexibility index (Phi) is 10.6. The fraction of sp³-hybridized carbons (Fsp3) is 0.625. The van der Waals surface area contributed by atoms with Gasteiger partial charge in [-0.2, -0.15) is 0 Å². The van der Waals surface area contributed by atoms with Crippen molar-refractivity contribution in [1.29, 1.82) is 0 Å². The Bertz CT molecular complexity index is 513. The first kappa shape index (κ1) is 24.1. The van der Waals surface area contributed by atoms with Crippen molar-refractivity contribution < 1.29 is 23.0 Å². The lowest BCUT2D eigenvalue weighted by molar-refractivity contribution is -0.274. The molecule has 1 fully saturated rings. The minimum atomic E-state index is -4.73. The number of aromatic hydroxyl groups is 1. The first-order valence-electron chi connectivity index (χ1n) is 7.94. The number of phenolic OH excluding ortho intramolecular Hbond substituents is 1. The summed E-state index contributed by atoms with van der Waals surface area (Å²) in [5.74, 6) is -0.277. The van der Waals surface area contributed by atoms with Crippen molar-refractivity contribution in [2.45, 2.75) is 38.6 Å². The highest BCUT2D eigenvalue weighted by Crippen LogP contribution is 2.36. The van der Waals surface area contributed by atoms with Crippen LogP contribution in [0.1, 0.15) is 37.8 Å². The largest absolute Gasteiger partial charge is 0.573 e. The second-order valence-electron chi connectivity index (χ2n) is 5.71. The summed E-state index contributed by atoms with van der Waals surface area (Å²) >= 11 is 0. The zero-order chi connectivity index (χ0) is 16.9. The van der Waals surface area contributed by atoms with Gasteiger partial charge in [0.25, 0.3) is 0 Å². The number of rotatable bonds is 6. The van der Waals surface area contributed by atoms with Crippen LogP contribution in [-0.2, 0) is 0 Å². The average molecular weight is 405 g/mol. The maximum absolute atomic E-state index is 12.4. The van der Waals surface area contributed by atoms with Crippen LogP contribution in [0.3, 0.4) is 0 Å². The van der Waals surface area contributed by atoms with E-state index < -0.39 is 6.36 Å². The Morgan fingerprint density at radius 2 is 1.88 bits per heavy atom. The maximum Gasteiger partial charge on any atom is 0.573 e. The molecule has 0 aliphatic carbocycles. The van der Waals surface area contributed by atoms with Crippen molar-refractivity contribution in [2.24, 2.45) is 0 Å². The number of alkyl halides is 3. The summed E-state index contributed by atoms with van der Waals surface area (Å²) < 4.78 is 41.3. The lowest BCUT2D eigenvalue weighted by Crippen LogP contribution is -2.45. The normalized spacial score (nSPS) is 16.5. The Hall–Kier alpha value is -0.890. The molecule has 2 N–H and O–H groups in total. The molecule has 0 bridgehead atoms. The van der Waals surface area contributed by atoms with Crippen LogP contribution in [0.25, 0.3) is 0 Å². The van der Waals surface area contributed by atoms with Gasteiger partial charge in [0.1, 0.15) is 11.5 Å². The van der Waals surface area contributed by atoms with Crippen molar-refractivity contribution in [2.75, 3.05) is 26.2 Å². The Morgan fingerprint density at radius 3 is 2.44 bits per heavy atom. The quantitative estimate of drug-likeness (QED) is 0.742. The number of phenols is 1. The highest BCUT2D eigenvalue weighted by molar-refractivity contribution is 5.85. The average Bonchev–Trinajstić information content (AvgIpc) is 2.50. The van der Waals surface area contributed by atoms with Gasteiger partial charge in [-0.15, -0.1) is 38.0 Å². The molecule has 1 atom stereocenters. The Morgan fingerprint density at radius 1 is 1.24 bits per heavy atom. The van der Waals surface area contributed by atoms with Gasteiger partial charge < -0.3 is 15.2 Å². The van der Waals surface area contributed by atoms with Crippen molar-refractivity contribution in [3.8, 4) is 11.5 Å². The molecule has 0 radical (unpaired) electrons.